The van der Waals surface area contributed by atoms with Gasteiger partial charge in [-0.2, -0.15) is 5.10 Å². The minimum Gasteiger partial charge on any atom is -0.354 e. The van der Waals surface area contributed by atoms with Gasteiger partial charge in [-0.25, -0.2) is 19.4 Å². The fourth-order valence-electron chi connectivity index (χ4n) is 3.32. The Hall–Kier alpha value is -2.64. The Labute approximate surface area is 160 Å². The van der Waals surface area contributed by atoms with E-state index in [4.69, 9.17) is 0 Å². The number of hydrogen-bond donors (Lipinski definition) is 2. The minimum atomic E-state index is -0.190. The molecule has 3 rings (SSSR count). The highest BCUT2D eigenvalue weighted by atomic mass is 16.2. The van der Waals surface area contributed by atoms with Gasteiger partial charge in [-0.1, -0.05) is 20.8 Å². The molecule has 3 heterocycles. The first-order valence-electron chi connectivity index (χ1n) is 9.70. The highest BCUT2D eigenvalue weighted by Gasteiger charge is 2.23. The highest BCUT2D eigenvalue weighted by Crippen LogP contribution is 2.18. The minimum absolute atomic E-state index is 0.0836. The smallest absolute Gasteiger partial charge is 0.320 e. The number of aromatic nitrogens is 4. The van der Waals surface area contributed by atoms with E-state index in [0.717, 1.165) is 56.2 Å². The predicted octanol–water partition coefficient (Wildman–Crippen LogP) is 2.68. The largest absolute Gasteiger partial charge is 0.354 e. The van der Waals surface area contributed by atoms with Gasteiger partial charge in [-0.15, -0.1) is 0 Å². The van der Waals surface area contributed by atoms with Crippen molar-refractivity contribution >= 4 is 17.7 Å². The standard InChI is InChI=1S/C19H29N7O/c1-4-15-10-18(21-13-20-15)25-9-5-6-16(12-25)23-19(27)24-17-7-8-22-26(17)11-14(2)3/h7-8,10,13-14,16H,4-6,9,11-12H2,1-3H3,(H2,23,24,27). The first-order valence-corrected chi connectivity index (χ1v) is 9.70. The number of carbonyl (C=O) groups excluding carboxylic acids is 1. The van der Waals surface area contributed by atoms with E-state index in [2.05, 4.69) is 51.4 Å². The maximum atomic E-state index is 12.5. The van der Waals surface area contributed by atoms with Gasteiger partial charge in [-0.05, 0) is 25.2 Å². The summed E-state index contributed by atoms with van der Waals surface area (Å²) in [4.78, 5) is 23.3. The summed E-state index contributed by atoms with van der Waals surface area (Å²) in [5.41, 5.74) is 1.03. The number of amides is 2. The maximum Gasteiger partial charge on any atom is 0.320 e. The molecule has 0 radical (unpaired) electrons. The molecule has 1 saturated heterocycles. The summed E-state index contributed by atoms with van der Waals surface area (Å²) >= 11 is 0. The summed E-state index contributed by atoms with van der Waals surface area (Å²) in [7, 11) is 0. The van der Waals surface area contributed by atoms with Crippen molar-refractivity contribution in [1.29, 1.82) is 0 Å². The zero-order chi connectivity index (χ0) is 19.2. The molecule has 0 aliphatic carbocycles. The molecule has 1 aliphatic rings. The summed E-state index contributed by atoms with van der Waals surface area (Å²) in [6.07, 6.45) is 6.19. The molecule has 0 spiro atoms. The molecule has 1 unspecified atom stereocenters. The number of anilines is 2. The molecular formula is C19H29N7O. The van der Waals surface area contributed by atoms with Crippen LogP contribution in [-0.2, 0) is 13.0 Å². The second-order valence-corrected chi connectivity index (χ2v) is 7.40. The first kappa shape index (κ1) is 19.1. The second kappa shape index (κ2) is 8.83. The van der Waals surface area contributed by atoms with Crippen LogP contribution in [0.1, 0.15) is 39.3 Å². The summed E-state index contributed by atoms with van der Waals surface area (Å²) in [6, 6.07) is 3.75. The summed E-state index contributed by atoms with van der Waals surface area (Å²) in [5, 5.41) is 10.3. The third kappa shape index (κ3) is 5.18. The maximum absolute atomic E-state index is 12.5. The fraction of sp³-hybridized carbons (Fsp3) is 0.579. The lowest BCUT2D eigenvalue weighted by atomic mass is 10.1. The van der Waals surface area contributed by atoms with Crippen LogP contribution in [0.15, 0.2) is 24.7 Å². The SMILES string of the molecule is CCc1cc(N2CCCC(NC(=O)Nc3ccnn3CC(C)C)C2)ncn1. The van der Waals surface area contributed by atoms with Crippen molar-refractivity contribution in [2.24, 2.45) is 5.92 Å². The van der Waals surface area contributed by atoms with Gasteiger partial charge in [-0.3, -0.25) is 5.32 Å². The van der Waals surface area contributed by atoms with E-state index in [1.54, 1.807) is 12.5 Å². The molecule has 2 amide bonds. The Morgan fingerprint density at radius 3 is 3.00 bits per heavy atom. The molecular weight excluding hydrogens is 342 g/mol. The molecule has 0 saturated carbocycles. The second-order valence-electron chi connectivity index (χ2n) is 7.40. The number of rotatable bonds is 6. The van der Waals surface area contributed by atoms with Gasteiger partial charge in [0.2, 0.25) is 0 Å². The quantitative estimate of drug-likeness (QED) is 0.815. The van der Waals surface area contributed by atoms with E-state index in [1.807, 2.05) is 16.8 Å². The molecule has 0 aromatic carbocycles. The van der Waals surface area contributed by atoms with Crippen LogP contribution in [0.5, 0.6) is 0 Å². The van der Waals surface area contributed by atoms with E-state index < -0.39 is 0 Å². The average molecular weight is 371 g/mol. The number of carbonyl (C=O) groups is 1. The molecule has 27 heavy (non-hydrogen) atoms. The van der Waals surface area contributed by atoms with Gasteiger partial charge in [0.25, 0.3) is 0 Å². The third-order valence-electron chi connectivity index (χ3n) is 4.65. The Bertz CT molecular complexity index is 758. The number of piperidine rings is 1. The van der Waals surface area contributed by atoms with Crippen molar-refractivity contribution < 1.29 is 4.79 Å². The van der Waals surface area contributed by atoms with Crippen molar-refractivity contribution in [2.75, 3.05) is 23.3 Å². The molecule has 2 aromatic heterocycles. The predicted molar refractivity (Wildman–Crippen MR) is 106 cm³/mol. The third-order valence-corrected chi connectivity index (χ3v) is 4.65. The molecule has 2 N–H and O–H groups in total. The van der Waals surface area contributed by atoms with Gasteiger partial charge >= 0.3 is 6.03 Å². The Kier molecular flexibility index (Phi) is 6.26. The molecule has 1 aliphatic heterocycles. The molecule has 1 fully saturated rings. The van der Waals surface area contributed by atoms with Crippen LogP contribution in [0.2, 0.25) is 0 Å². The van der Waals surface area contributed by atoms with Crippen molar-refractivity contribution in [3.05, 3.63) is 30.4 Å². The van der Waals surface area contributed by atoms with Gasteiger partial charge in [0.1, 0.15) is 18.0 Å². The summed E-state index contributed by atoms with van der Waals surface area (Å²) in [6.45, 7) is 8.80. The number of hydrogen-bond acceptors (Lipinski definition) is 5. The number of nitrogens with zero attached hydrogens (tertiary/aromatic N) is 5. The van der Waals surface area contributed by atoms with Crippen molar-refractivity contribution in [3.63, 3.8) is 0 Å². The molecule has 146 valence electrons. The fourth-order valence-corrected chi connectivity index (χ4v) is 3.32. The van der Waals surface area contributed by atoms with Crippen molar-refractivity contribution in [1.82, 2.24) is 25.1 Å². The number of aryl methyl sites for hydroxylation is 1. The molecule has 1 atom stereocenters. The first-order chi connectivity index (χ1) is 13.0. The topological polar surface area (TPSA) is 88.0 Å². The summed E-state index contributed by atoms with van der Waals surface area (Å²) in [5.74, 6) is 2.11. The van der Waals surface area contributed by atoms with Crippen molar-refractivity contribution in [2.45, 2.75) is 52.6 Å². The van der Waals surface area contributed by atoms with Gasteiger partial charge in [0.05, 0.1) is 6.20 Å². The van der Waals surface area contributed by atoms with Crippen molar-refractivity contribution in [3.8, 4) is 0 Å². The monoisotopic (exact) mass is 371 g/mol. The summed E-state index contributed by atoms with van der Waals surface area (Å²) < 4.78 is 1.82. The Morgan fingerprint density at radius 1 is 1.37 bits per heavy atom. The lowest BCUT2D eigenvalue weighted by Crippen LogP contribution is -2.49. The zero-order valence-corrected chi connectivity index (χ0v) is 16.4. The van der Waals surface area contributed by atoms with Gasteiger partial charge in [0, 0.05) is 43.5 Å². The van der Waals surface area contributed by atoms with E-state index >= 15 is 0 Å². The number of nitrogens with one attached hydrogen (secondary N) is 2. The zero-order valence-electron chi connectivity index (χ0n) is 16.4. The van der Waals surface area contributed by atoms with Gasteiger partial charge in [0.15, 0.2) is 0 Å². The molecule has 2 aromatic rings. The van der Waals surface area contributed by atoms with Crippen LogP contribution in [0, 0.1) is 5.92 Å². The van der Waals surface area contributed by atoms with Crippen LogP contribution < -0.4 is 15.5 Å². The van der Waals surface area contributed by atoms with E-state index in [0.29, 0.717) is 5.92 Å². The van der Waals surface area contributed by atoms with Crippen LogP contribution in [0.4, 0.5) is 16.4 Å². The normalized spacial score (nSPS) is 17.2. The molecule has 0 bridgehead atoms. The van der Waals surface area contributed by atoms with Crippen LogP contribution in [0.3, 0.4) is 0 Å². The lowest BCUT2D eigenvalue weighted by Gasteiger charge is -2.34. The van der Waals surface area contributed by atoms with E-state index in [1.165, 1.54) is 0 Å². The van der Waals surface area contributed by atoms with E-state index in [9.17, 15) is 4.79 Å². The van der Waals surface area contributed by atoms with Crippen LogP contribution in [0.25, 0.3) is 0 Å². The molecule has 8 heteroatoms. The van der Waals surface area contributed by atoms with Gasteiger partial charge < -0.3 is 10.2 Å². The average Bonchev–Trinajstić information content (AvgIpc) is 3.07. The van der Waals surface area contributed by atoms with Crippen LogP contribution >= 0.6 is 0 Å². The Morgan fingerprint density at radius 2 is 2.22 bits per heavy atom. The lowest BCUT2D eigenvalue weighted by molar-refractivity contribution is 0.246. The number of urea groups is 1. The Balaban J connectivity index is 1.57. The van der Waals surface area contributed by atoms with E-state index in [-0.39, 0.29) is 12.1 Å². The molecule has 8 nitrogen and oxygen atoms in total. The highest BCUT2D eigenvalue weighted by molar-refractivity contribution is 5.88. The van der Waals surface area contributed by atoms with Crippen LogP contribution in [-0.4, -0.2) is 44.9 Å².